The van der Waals surface area contributed by atoms with E-state index >= 15 is 0 Å². The number of hydrogen-bond acceptors (Lipinski definition) is 5. The minimum absolute atomic E-state index is 0.0709. The van der Waals surface area contributed by atoms with Crippen LogP contribution in [0.15, 0.2) is 0 Å². The van der Waals surface area contributed by atoms with Crippen molar-refractivity contribution in [3.63, 3.8) is 0 Å². The summed E-state index contributed by atoms with van der Waals surface area (Å²) in [5.74, 6) is -0.0276. The fourth-order valence-corrected chi connectivity index (χ4v) is 3.65. The van der Waals surface area contributed by atoms with Gasteiger partial charge in [0, 0.05) is 12.7 Å². The van der Waals surface area contributed by atoms with Gasteiger partial charge in [0.25, 0.3) is 5.91 Å². The topological polar surface area (TPSA) is 90.3 Å². The van der Waals surface area contributed by atoms with Crippen LogP contribution in [0.5, 0.6) is 0 Å². The predicted molar refractivity (Wildman–Crippen MR) is 74.1 cm³/mol. The number of ether oxygens (including phenoxy) is 1. The van der Waals surface area contributed by atoms with Gasteiger partial charge in [0.2, 0.25) is 0 Å². The van der Waals surface area contributed by atoms with Gasteiger partial charge in [-0.15, -0.1) is 0 Å². The van der Waals surface area contributed by atoms with Crippen molar-refractivity contribution in [2.75, 3.05) is 19.0 Å². The van der Waals surface area contributed by atoms with Crippen molar-refractivity contribution in [1.29, 1.82) is 0 Å². The molecule has 1 amide bonds. The Morgan fingerprint density at radius 1 is 1.40 bits per heavy atom. The number of methoxy groups -OCH3 is 1. The van der Waals surface area contributed by atoms with Crippen molar-refractivity contribution >= 4 is 21.6 Å². The number of carbonyl (C=O) groups is 1. The van der Waals surface area contributed by atoms with E-state index in [1.165, 1.54) is 7.11 Å². The Morgan fingerprint density at radius 2 is 2.05 bits per heavy atom. The molecule has 2 rings (SSSR count). The number of carbonyl (C=O) groups excluding carboxylic acids is 1. The van der Waals surface area contributed by atoms with E-state index in [-0.39, 0.29) is 29.6 Å². The number of anilines is 1. The van der Waals surface area contributed by atoms with E-state index < -0.39 is 9.84 Å². The maximum absolute atomic E-state index is 11.7. The first kappa shape index (κ1) is 15.0. The summed E-state index contributed by atoms with van der Waals surface area (Å²) in [5.41, 5.74) is 0.751. The molecule has 2 heterocycles. The van der Waals surface area contributed by atoms with Gasteiger partial charge < -0.3 is 10.1 Å². The molecule has 1 aromatic heterocycles. The zero-order valence-electron chi connectivity index (χ0n) is 12.1. The third kappa shape index (κ3) is 2.85. The van der Waals surface area contributed by atoms with Crippen LogP contribution in [0.25, 0.3) is 0 Å². The quantitative estimate of drug-likeness (QED) is 0.885. The maximum atomic E-state index is 11.7. The monoisotopic (exact) mass is 301 g/mol. The van der Waals surface area contributed by atoms with E-state index in [2.05, 4.69) is 10.4 Å². The van der Waals surface area contributed by atoms with Crippen molar-refractivity contribution in [2.45, 2.75) is 37.8 Å². The second-order valence-corrected chi connectivity index (χ2v) is 7.93. The molecule has 0 unspecified atom stereocenters. The molecule has 0 saturated heterocycles. The molecule has 8 heteroatoms. The van der Waals surface area contributed by atoms with Crippen molar-refractivity contribution in [1.82, 2.24) is 9.78 Å². The smallest absolute Gasteiger partial charge is 0.251 e. The molecule has 1 aromatic rings. The fourth-order valence-electron chi connectivity index (χ4n) is 2.16. The largest absolute Gasteiger partial charge is 0.375 e. The van der Waals surface area contributed by atoms with E-state index in [4.69, 9.17) is 4.74 Å². The average molecular weight is 301 g/mol. The molecule has 0 aromatic carbocycles. The van der Waals surface area contributed by atoms with Crippen LogP contribution in [-0.2, 0) is 36.4 Å². The average Bonchev–Trinajstić information content (AvgIpc) is 2.72. The number of aromatic nitrogens is 2. The third-order valence-electron chi connectivity index (χ3n) is 2.96. The van der Waals surface area contributed by atoms with Crippen LogP contribution in [0.1, 0.15) is 32.0 Å². The third-order valence-corrected chi connectivity index (χ3v) is 4.40. The standard InChI is InChI=1S/C12H19N3O4S/c1-12(2,3)15-11(13-10(16)5-19-4)8-6-20(17,18)7-9(8)14-15/h5-7H2,1-4H3,(H,13,16). The summed E-state index contributed by atoms with van der Waals surface area (Å²) >= 11 is 0. The number of rotatable bonds is 3. The number of amides is 1. The van der Waals surface area contributed by atoms with Crippen LogP contribution in [0, 0.1) is 0 Å². The SMILES string of the molecule is COCC(=O)Nc1c2c(nn1C(C)(C)C)CS(=O)(=O)C2. The molecule has 0 radical (unpaired) electrons. The van der Waals surface area contributed by atoms with E-state index in [0.29, 0.717) is 17.1 Å². The molecular formula is C12H19N3O4S. The van der Waals surface area contributed by atoms with Gasteiger partial charge >= 0.3 is 0 Å². The first-order valence-electron chi connectivity index (χ1n) is 6.24. The lowest BCUT2D eigenvalue weighted by molar-refractivity contribution is -0.119. The summed E-state index contributed by atoms with van der Waals surface area (Å²) in [6.45, 7) is 5.73. The lowest BCUT2D eigenvalue weighted by Gasteiger charge is -2.23. The Labute approximate surface area is 118 Å². The molecule has 0 aliphatic carbocycles. The van der Waals surface area contributed by atoms with Gasteiger partial charge in [-0.2, -0.15) is 5.10 Å². The number of nitrogens with one attached hydrogen (secondary N) is 1. The molecule has 1 N–H and O–H groups in total. The number of hydrogen-bond donors (Lipinski definition) is 1. The first-order chi connectivity index (χ1) is 9.14. The second kappa shape index (κ2) is 4.85. The minimum Gasteiger partial charge on any atom is -0.375 e. The minimum atomic E-state index is -3.15. The summed E-state index contributed by atoms with van der Waals surface area (Å²) in [6, 6.07) is 0. The Morgan fingerprint density at radius 3 is 2.60 bits per heavy atom. The van der Waals surface area contributed by atoms with E-state index in [1.54, 1.807) is 4.68 Å². The Balaban J connectivity index is 2.45. The van der Waals surface area contributed by atoms with Crippen LogP contribution >= 0.6 is 0 Å². The lowest BCUT2D eigenvalue weighted by atomic mass is 10.1. The summed E-state index contributed by atoms with van der Waals surface area (Å²) in [7, 11) is -1.73. The summed E-state index contributed by atoms with van der Waals surface area (Å²) in [5, 5.41) is 7.06. The highest BCUT2D eigenvalue weighted by atomic mass is 32.2. The lowest BCUT2D eigenvalue weighted by Crippen LogP contribution is -2.28. The van der Waals surface area contributed by atoms with Gasteiger partial charge in [-0.25, -0.2) is 13.1 Å². The molecule has 1 aliphatic heterocycles. The highest BCUT2D eigenvalue weighted by Crippen LogP contribution is 2.34. The van der Waals surface area contributed by atoms with Gasteiger partial charge in [0.05, 0.1) is 22.7 Å². The summed E-state index contributed by atoms with van der Waals surface area (Å²) in [6.07, 6.45) is 0. The molecule has 0 bridgehead atoms. The van der Waals surface area contributed by atoms with Crippen LogP contribution in [-0.4, -0.2) is 37.8 Å². The second-order valence-electron chi connectivity index (χ2n) is 5.87. The molecule has 1 aliphatic rings. The zero-order chi connectivity index (χ0) is 15.1. The molecule has 0 atom stereocenters. The van der Waals surface area contributed by atoms with Crippen molar-refractivity contribution in [3.05, 3.63) is 11.3 Å². The predicted octanol–water partition coefficient (Wildman–Crippen LogP) is 0.651. The van der Waals surface area contributed by atoms with E-state index in [0.717, 1.165) is 0 Å². The summed E-state index contributed by atoms with van der Waals surface area (Å²) < 4.78 is 29.8. The molecule has 7 nitrogen and oxygen atoms in total. The highest BCUT2D eigenvalue weighted by Gasteiger charge is 2.35. The molecule has 0 fully saturated rings. The van der Waals surface area contributed by atoms with Crippen molar-refractivity contribution in [3.8, 4) is 0 Å². The number of sulfone groups is 1. The highest BCUT2D eigenvalue weighted by molar-refractivity contribution is 7.90. The van der Waals surface area contributed by atoms with Crippen LogP contribution in [0.2, 0.25) is 0 Å². The molecule has 20 heavy (non-hydrogen) atoms. The molecule has 112 valence electrons. The van der Waals surface area contributed by atoms with Crippen LogP contribution in [0.4, 0.5) is 5.82 Å². The fraction of sp³-hybridized carbons (Fsp3) is 0.667. The normalized spacial score (nSPS) is 17.0. The van der Waals surface area contributed by atoms with Gasteiger partial charge in [0.15, 0.2) is 9.84 Å². The van der Waals surface area contributed by atoms with E-state index in [9.17, 15) is 13.2 Å². The molecular weight excluding hydrogens is 282 g/mol. The van der Waals surface area contributed by atoms with Crippen LogP contribution < -0.4 is 5.32 Å². The number of nitrogens with zero attached hydrogens (tertiary/aromatic N) is 2. The van der Waals surface area contributed by atoms with E-state index in [1.807, 2.05) is 20.8 Å². The molecule has 0 saturated carbocycles. The maximum Gasteiger partial charge on any atom is 0.251 e. The first-order valence-corrected chi connectivity index (χ1v) is 8.06. The van der Waals surface area contributed by atoms with Gasteiger partial charge in [-0.05, 0) is 20.8 Å². The molecule has 0 spiro atoms. The zero-order valence-corrected chi connectivity index (χ0v) is 12.9. The van der Waals surface area contributed by atoms with Crippen molar-refractivity contribution in [2.24, 2.45) is 0 Å². The summed E-state index contributed by atoms with van der Waals surface area (Å²) in [4.78, 5) is 11.7. The van der Waals surface area contributed by atoms with Gasteiger partial charge in [0.1, 0.15) is 12.4 Å². The Bertz CT molecular complexity index is 640. The Kier molecular flexibility index (Phi) is 3.64. The Hall–Kier alpha value is -1.41. The number of fused-ring (bicyclic) bond motifs is 1. The van der Waals surface area contributed by atoms with Gasteiger partial charge in [-0.1, -0.05) is 0 Å². The van der Waals surface area contributed by atoms with Crippen molar-refractivity contribution < 1.29 is 17.9 Å². The van der Waals surface area contributed by atoms with Crippen LogP contribution in [0.3, 0.4) is 0 Å². The van der Waals surface area contributed by atoms with Gasteiger partial charge in [-0.3, -0.25) is 4.79 Å².